The molecule has 0 saturated carbocycles. The second-order valence-electron chi connectivity index (χ2n) is 8.50. The lowest BCUT2D eigenvalue weighted by Gasteiger charge is -2.36. The van der Waals surface area contributed by atoms with Crippen LogP contribution in [-0.2, 0) is 15.6 Å². The average molecular weight is 475 g/mol. The second kappa shape index (κ2) is 6.52. The Bertz CT molecular complexity index is 1550. The Morgan fingerprint density at radius 3 is 2.59 bits per heavy atom. The molecule has 0 atom stereocenters. The van der Waals surface area contributed by atoms with E-state index < -0.39 is 21.4 Å². The number of hydrogen-bond acceptors (Lipinski definition) is 6. The van der Waals surface area contributed by atoms with Gasteiger partial charge in [0.2, 0.25) is 0 Å². The number of benzene rings is 2. The van der Waals surface area contributed by atoms with Gasteiger partial charge in [0.15, 0.2) is 11.6 Å². The van der Waals surface area contributed by atoms with Gasteiger partial charge in [-0.15, -0.1) is 10.2 Å². The molecule has 0 unspecified atom stereocenters. The van der Waals surface area contributed by atoms with Crippen LogP contribution in [-0.4, -0.2) is 38.6 Å². The minimum absolute atomic E-state index is 0.0556. The predicted molar refractivity (Wildman–Crippen MR) is 121 cm³/mol. The standard InChI is InChI=1S/C21H20ClFN6O2S/c1-10-15(12-7-6-8-14-13(12)9-24-29(14)32(5,30)31)17(23)16(22)18-19(10)28-11(2)26-27-20(28)21(3,4)25-18/h6-9,25H,1-5H3. The summed E-state index contributed by atoms with van der Waals surface area (Å²) in [5.74, 6) is 0.734. The molecule has 0 amide bonds. The van der Waals surface area contributed by atoms with Crippen LogP contribution in [0.2, 0.25) is 5.02 Å². The van der Waals surface area contributed by atoms with Crippen LogP contribution in [0.25, 0.3) is 27.7 Å². The monoisotopic (exact) mass is 474 g/mol. The molecule has 1 N–H and O–H groups in total. The topological polar surface area (TPSA) is 94.7 Å². The van der Waals surface area contributed by atoms with Crippen LogP contribution in [0.3, 0.4) is 0 Å². The van der Waals surface area contributed by atoms with Gasteiger partial charge in [-0.25, -0.2) is 12.8 Å². The maximum Gasteiger partial charge on any atom is 0.251 e. The smallest absolute Gasteiger partial charge is 0.251 e. The second-order valence-corrected chi connectivity index (χ2v) is 10.7. The van der Waals surface area contributed by atoms with Crippen molar-refractivity contribution in [1.82, 2.24) is 24.0 Å². The van der Waals surface area contributed by atoms with Crippen LogP contribution in [0.1, 0.15) is 31.1 Å². The fraction of sp³-hybridized carbons (Fsp3) is 0.286. The summed E-state index contributed by atoms with van der Waals surface area (Å²) in [6.07, 6.45) is 2.49. The molecule has 0 spiro atoms. The molecule has 11 heteroatoms. The molecule has 1 aliphatic rings. The highest BCUT2D eigenvalue weighted by atomic mass is 35.5. The van der Waals surface area contributed by atoms with E-state index in [1.165, 1.54) is 6.20 Å². The van der Waals surface area contributed by atoms with Gasteiger partial charge in [0.05, 0.1) is 34.9 Å². The Kier molecular flexibility index (Phi) is 4.26. The Labute approximate surface area is 189 Å². The van der Waals surface area contributed by atoms with Crippen molar-refractivity contribution in [2.24, 2.45) is 0 Å². The Morgan fingerprint density at radius 1 is 1.19 bits per heavy atom. The SMILES string of the molecule is Cc1c(-c2cccc3c2cnn3S(C)(=O)=O)c(F)c(Cl)c2c1-n1c(C)nnc1C(C)(C)N2. The lowest BCUT2D eigenvalue weighted by molar-refractivity contribution is 0.532. The van der Waals surface area contributed by atoms with Crippen LogP contribution >= 0.6 is 11.6 Å². The molecule has 3 heterocycles. The van der Waals surface area contributed by atoms with Gasteiger partial charge in [-0.05, 0) is 44.9 Å². The molecule has 32 heavy (non-hydrogen) atoms. The highest BCUT2D eigenvalue weighted by Crippen LogP contribution is 2.48. The van der Waals surface area contributed by atoms with Crippen molar-refractivity contribution < 1.29 is 12.8 Å². The summed E-state index contributed by atoms with van der Waals surface area (Å²) in [5, 5.41) is 16.3. The van der Waals surface area contributed by atoms with E-state index in [2.05, 4.69) is 20.6 Å². The van der Waals surface area contributed by atoms with E-state index >= 15 is 4.39 Å². The van der Waals surface area contributed by atoms with Gasteiger partial charge in [0, 0.05) is 10.9 Å². The third-order valence-corrected chi connectivity index (χ3v) is 7.08. The number of anilines is 1. The minimum Gasteiger partial charge on any atom is -0.370 e. The fourth-order valence-corrected chi connectivity index (χ4v) is 5.39. The zero-order chi connectivity index (χ0) is 23.2. The van der Waals surface area contributed by atoms with Crippen molar-refractivity contribution in [2.75, 3.05) is 11.6 Å². The number of aryl methyl sites for hydroxylation is 1. The van der Waals surface area contributed by atoms with Crippen LogP contribution < -0.4 is 5.32 Å². The highest BCUT2D eigenvalue weighted by Gasteiger charge is 2.38. The molecular weight excluding hydrogens is 455 g/mol. The van der Waals surface area contributed by atoms with Crippen molar-refractivity contribution in [3.05, 3.63) is 52.4 Å². The number of nitrogens with zero attached hydrogens (tertiary/aromatic N) is 5. The lowest BCUT2D eigenvalue weighted by Crippen LogP contribution is -2.36. The van der Waals surface area contributed by atoms with Crippen LogP contribution in [0.4, 0.5) is 10.1 Å². The first-order chi connectivity index (χ1) is 14.9. The average Bonchev–Trinajstić information content (AvgIpc) is 3.31. The van der Waals surface area contributed by atoms with E-state index in [1.807, 2.05) is 25.3 Å². The number of halogens is 2. The van der Waals surface area contributed by atoms with Crippen molar-refractivity contribution >= 4 is 38.2 Å². The molecule has 0 saturated heterocycles. The summed E-state index contributed by atoms with van der Waals surface area (Å²) in [6.45, 7) is 7.48. The van der Waals surface area contributed by atoms with Gasteiger partial charge >= 0.3 is 0 Å². The molecule has 0 aliphatic carbocycles. The number of aromatic nitrogens is 5. The van der Waals surface area contributed by atoms with Gasteiger partial charge in [-0.3, -0.25) is 4.57 Å². The molecule has 166 valence electrons. The largest absolute Gasteiger partial charge is 0.370 e. The Balaban J connectivity index is 1.89. The summed E-state index contributed by atoms with van der Waals surface area (Å²) < 4.78 is 42.9. The molecule has 0 bridgehead atoms. The Hall–Kier alpha value is -2.98. The van der Waals surface area contributed by atoms with Gasteiger partial charge in [-0.2, -0.15) is 9.19 Å². The minimum atomic E-state index is -3.62. The zero-order valence-corrected chi connectivity index (χ0v) is 19.6. The van der Waals surface area contributed by atoms with Crippen molar-refractivity contribution in [3.8, 4) is 16.8 Å². The molecule has 2 aromatic heterocycles. The number of nitrogens with one attached hydrogen (secondary N) is 1. The van der Waals surface area contributed by atoms with E-state index in [-0.39, 0.29) is 10.6 Å². The molecule has 5 rings (SSSR count). The predicted octanol–water partition coefficient (Wildman–Crippen LogP) is 4.16. The maximum absolute atomic E-state index is 15.8. The molecule has 0 fully saturated rings. The number of rotatable bonds is 2. The first-order valence-electron chi connectivity index (χ1n) is 9.83. The van der Waals surface area contributed by atoms with Crippen LogP contribution in [0, 0.1) is 19.7 Å². The van der Waals surface area contributed by atoms with E-state index in [9.17, 15) is 8.42 Å². The third kappa shape index (κ3) is 2.72. The summed E-state index contributed by atoms with van der Waals surface area (Å²) >= 11 is 6.57. The summed E-state index contributed by atoms with van der Waals surface area (Å²) in [5.41, 5.74) is 2.25. The lowest BCUT2D eigenvalue weighted by atomic mass is 9.92. The number of hydrogen-bond donors (Lipinski definition) is 1. The van der Waals surface area contributed by atoms with Crippen LogP contribution in [0.15, 0.2) is 24.4 Å². The molecule has 1 aliphatic heterocycles. The molecular formula is C21H20ClFN6O2S. The van der Waals surface area contributed by atoms with E-state index in [1.54, 1.807) is 25.1 Å². The molecule has 2 aromatic carbocycles. The summed E-state index contributed by atoms with van der Waals surface area (Å²) in [4.78, 5) is 0. The van der Waals surface area contributed by atoms with Gasteiger partial charge < -0.3 is 5.32 Å². The third-order valence-electron chi connectivity index (χ3n) is 5.81. The molecule has 8 nitrogen and oxygen atoms in total. The van der Waals surface area contributed by atoms with E-state index in [4.69, 9.17) is 11.6 Å². The highest BCUT2D eigenvalue weighted by molar-refractivity contribution is 7.89. The summed E-state index contributed by atoms with van der Waals surface area (Å²) in [7, 11) is -3.62. The normalized spacial score (nSPS) is 14.8. The van der Waals surface area contributed by atoms with Crippen molar-refractivity contribution in [2.45, 2.75) is 33.2 Å². The number of fused-ring (bicyclic) bond motifs is 4. The van der Waals surface area contributed by atoms with Crippen molar-refractivity contribution in [3.63, 3.8) is 0 Å². The van der Waals surface area contributed by atoms with Crippen molar-refractivity contribution in [1.29, 1.82) is 0 Å². The first kappa shape index (κ1) is 20.9. The van der Waals surface area contributed by atoms with Gasteiger partial charge in [0.25, 0.3) is 10.0 Å². The molecule has 4 aromatic rings. The van der Waals surface area contributed by atoms with Crippen LogP contribution in [0.5, 0.6) is 0 Å². The zero-order valence-electron chi connectivity index (χ0n) is 18.0. The first-order valence-corrected chi connectivity index (χ1v) is 12.1. The molecule has 0 radical (unpaired) electrons. The fourth-order valence-electron chi connectivity index (χ4n) is 4.42. The van der Waals surface area contributed by atoms with Gasteiger partial charge in [-0.1, -0.05) is 23.7 Å². The van der Waals surface area contributed by atoms with Gasteiger partial charge in [0.1, 0.15) is 10.8 Å². The van der Waals surface area contributed by atoms with E-state index in [0.717, 1.165) is 10.3 Å². The quantitative estimate of drug-likeness (QED) is 0.468. The Morgan fingerprint density at radius 2 is 1.91 bits per heavy atom. The maximum atomic E-state index is 15.8. The van der Waals surface area contributed by atoms with E-state index in [0.29, 0.717) is 45.1 Å². The summed E-state index contributed by atoms with van der Waals surface area (Å²) in [6, 6.07) is 5.03.